The topological polar surface area (TPSA) is 18.5 Å². The second-order valence-electron chi connectivity index (χ2n) is 3.38. The summed E-state index contributed by atoms with van der Waals surface area (Å²) in [5.41, 5.74) is 2.62. The first-order valence-electron chi connectivity index (χ1n) is 4.65. The van der Waals surface area contributed by atoms with E-state index in [4.69, 9.17) is 9.47 Å². The number of aryl methyl sites for hydroxylation is 1. The third-order valence-electron chi connectivity index (χ3n) is 2.65. The van der Waals surface area contributed by atoms with E-state index in [2.05, 4.69) is 22.0 Å². The van der Waals surface area contributed by atoms with E-state index >= 15 is 0 Å². The van der Waals surface area contributed by atoms with Crippen LogP contribution >= 0.6 is 15.9 Å². The summed E-state index contributed by atoms with van der Waals surface area (Å²) < 4.78 is 10.7. The van der Waals surface area contributed by atoms with Gasteiger partial charge in [-0.3, -0.25) is 0 Å². The molecule has 1 aromatic carbocycles. The zero-order valence-corrected chi connectivity index (χ0v) is 9.93. The summed E-state index contributed by atoms with van der Waals surface area (Å²) in [6, 6.07) is 4.10. The van der Waals surface area contributed by atoms with Crippen LogP contribution in [0.1, 0.15) is 22.4 Å². The van der Waals surface area contributed by atoms with Crippen molar-refractivity contribution in [2.75, 3.05) is 14.2 Å². The molecule has 0 aliphatic heterocycles. The third-order valence-corrected chi connectivity index (χ3v) is 3.57. The molecule has 0 aromatic heterocycles. The normalized spacial score (nSPS) is 19.2. The first-order chi connectivity index (χ1) is 6.77. The van der Waals surface area contributed by atoms with Crippen LogP contribution in [0.3, 0.4) is 0 Å². The van der Waals surface area contributed by atoms with Gasteiger partial charge in [0.25, 0.3) is 0 Å². The molecule has 2 nitrogen and oxygen atoms in total. The smallest absolute Gasteiger partial charge is 0.165 e. The Kier molecular flexibility index (Phi) is 2.68. The van der Waals surface area contributed by atoms with Crippen LogP contribution in [-0.4, -0.2) is 14.2 Å². The highest BCUT2D eigenvalue weighted by molar-refractivity contribution is 9.09. The molecule has 1 aromatic rings. The molecular weight excluding hydrogens is 244 g/mol. The highest BCUT2D eigenvalue weighted by atomic mass is 79.9. The van der Waals surface area contributed by atoms with E-state index < -0.39 is 0 Å². The number of ether oxygens (including phenoxy) is 2. The molecule has 3 heteroatoms. The van der Waals surface area contributed by atoms with Crippen LogP contribution in [0.5, 0.6) is 11.5 Å². The van der Waals surface area contributed by atoms with Crippen LogP contribution < -0.4 is 9.47 Å². The number of hydrogen-bond donors (Lipinski definition) is 0. The van der Waals surface area contributed by atoms with Gasteiger partial charge in [-0.2, -0.15) is 0 Å². The van der Waals surface area contributed by atoms with Gasteiger partial charge in [-0.1, -0.05) is 22.0 Å². The van der Waals surface area contributed by atoms with Crippen molar-refractivity contribution in [3.05, 3.63) is 23.3 Å². The molecular formula is C11H13BrO2. The highest BCUT2D eigenvalue weighted by Crippen LogP contribution is 2.46. The lowest BCUT2D eigenvalue weighted by atomic mass is 10.1. The monoisotopic (exact) mass is 256 g/mol. The molecule has 1 aliphatic carbocycles. The molecule has 76 valence electrons. The highest BCUT2D eigenvalue weighted by Gasteiger charge is 2.26. The molecule has 1 atom stereocenters. The van der Waals surface area contributed by atoms with E-state index in [1.807, 2.05) is 6.07 Å². The summed E-state index contributed by atoms with van der Waals surface area (Å²) in [6.45, 7) is 0. The van der Waals surface area contributed by atoms with Crippen LogP contribution in [0.25, 0.3) is 0 Å². The molecule has 0 bridgehead atoms. The Morgan fingerprint density at radius 2 is 2.07 bits per heavy atom. The maximum atomic E-state index is 5.39. The standard InChI is InChI=1S/C11H13BrO2/c1-13-9-6-4-7-3-5-8(12)10(7)11(9)14-2/h4,6,8H,3,5H2,1-2H3. The fourth-order valence-electron chi connectivity index (χ4n) is 1.98. The zero-order valence-electron chi connectivity index (χ0n) is 8.34. The quantitative estimate of drug-likeness (QED) is 0.758. The van der Waals surface area contributed by atoms with E-state index in [0.717, 1.165) is 24.3 Å². The van der Waals surface area contributed by atoms with Crippen molar-refractivity contribution in [2.24, 2.45) is 0 Å². The van der Waals surface area contributed by atoms with Crippen molar-refractivity contribution >= 4 is 15.9 Å². The van der Waals surface area contributed by atoms with E-state index in [1.165, 1.54) is 11.1 Å². The molecule has 0 amide bonds. The summed E-state index contributed by atoms with van der Waals surface area (Å²) in [5, 5.41) is 0. The largest absolute Gasteiger partial charge is 0.493 e. The molecule has 0 saturated carbocycles. The molecule has 1 aliphatic rings. The second kappa shape index (κ2) is 3.81. The minimum Gasteiger partial charge on any atom is -0.493 e. The van der Waals surface area contributed by atoms with Crippen molar-refractivity contribution in [1.82, 2.24) is 0 Å². The maximum absolute atomic E-state index is 5.39. The van der Waals surface area contributed by atoms with Gasteiger partial charge in [-0.05, 0) is 24.5 Å². The Bertz CT molecular complexity index is 349. The van der Waals surface area contributed by atoms with Crippen LogP contribution in [-0.2, 0) is 6.42 Å². The van der Waals surface area contributed by atoms with Crippen molar-refractivity contribution in [3.63, 3.8) is 0 Å². The van der Waals surface area contributed by atoms with Gasteiger partial charge in [-0.25, -0.2) is 0 Å². The summed E-state index contributed by atoms with van der Waals surface area (Å²) in [7, 11) is 3.36. The van der Waals surface area contributed by atoms with Gasteiger partial charge in [0, 0.05) is 10.4 Å². The molecule has 0 saturated heterocycles. The van der Waals surface area contributed by atoms with Crippen LogP contribution in [0.2, 0.25) is 0 Å². The fraction of sp³-hybridized carbons (Fsp3) is 0.455. The number of rotatable bonds is 2. The summed E-state index contributed by atoms with van der Waals surface area (Å²) >= 11 is 3.66. The van der Waals surface area contributed by atoms with Gasteiger partial charge < -0.3 is 9.47 Å². The van der Waals surface area contributed by atoms with Gasteiger partial charge in [0.05, 0.1) is 14.2 Å². The predicted molar refractivity (Wildman–Crippen MR) is 59.5 cm³/mol. The number of methoxy groups -OCH3 is 2. The zero-order chi connectivity index (χ0) is 10.1. The summed E-state index contributed by atoms with van der Waals surface area (Å²) in [4.78, 5) is 0.405. The van der Waals surface area contributed by atoms with Crippen molar-refractivity contribution in [3.8, 4) is 11.5 Å². The first kappa shape index (κ1) is 9.84. The van der Waals surface area contributed by atoms with Gasteiger partial charge in [0.2, 0.25) is 0 Å². The number of fused-ring (bicyclic) bond motifs is 1. The Balaban J connectivity index is 2.57. The molecule has 14 heavy (non-hydrogen) atoms. The molecule has 0 fully saturated rings. The van der Waals surface area contributed by atoms with E-state index in [1.54, 1.807) is 14.2 Å². The molecule has 0 radical (unpaired) electrons. The number of alkyl halides is 1. The SMILES string of the molecule is COc1ccc2c(c1OC)C(Br)CC2. The minimum absolute atomic E-state index is 0.405. The van der Waals surface area contributed by atoms with Crippen molar-refractivity contribution < 1.29 is 9.47 Å². The first-order valence-corrected chi connectivity index (χ1v) is 5.57. The minimum atomic E-state index is 0.405. The molecule has 1 unspecified atom stereocenters. The van der Waals surface area contributed by atoms with Crippen LogP contribution in [0, 0.1) is 0 Å². The lowest BCUT2D eigenvalue weighted by Gasteiger charge is -2.13. The van der Waals surface area contributed by atoms with Gasteiger partial charge in [-0.15, -0.1) is 0 Å². The Morgan fingerprint density at radius 1 is 1.29 bits per heavy atom. The molecule has 0 spiro atoms. The average molecular weight is 257 g/mol. The Hall–Kier alpha value is -0.700. The van der Waals surface area contributed by atoms with Crippen LogP contribution in [0.4, 0.5) is 0 Å². The number of benzene rings is 1. The van der Waals surface area contributed by atoms with Crippen molar-refractivity contribution in [1.29, 1.82) is 0 Å². The van der Waals surface area contributed by atoms with E-state index in [-0.39, 0.29) is 0 Å². The summed E-state index contributed by atoms with van der Waals surface area (Å²) in [5.74, 6) is 1.70. The van der Waals surface area contributed by atoms with E-state index in [9.17, 15) is 0 Å². The van der Waals surface area contributed by atoms with Crippen LogP contribution in [0.15, 0.2) is 12.1 Å². The summed E-state index contributed by atoms with van der Waals surface area (Å²) in [6.07, 6.45) is 2.25. The number of hydrogen-bond acceptors (Lipinski definition) is 2. The predicted octanol–water partition coefficient (Wildman–Crippen LogP) is 3.09. The molecule has 2 rings (SSSR count). The number of halogens is 1. The Morgan fingerprint density at radius 3 is 2.71 bits per heavy atom. The average Bonchev–Trinajstić information content (AvgIpc) is 2.59. The Labute approximate surface area is 92.3 Å². The fourth-order valence-corrected chi connectivity index (χ4v) is 2.71. The van der Waals surface area contributed by atoms with Gasteiger partial charge in [0.1, 0.15) is 0 Å². The lowest BCUT2D eigenvalue weighted by Crippen LogP contribution is -1.96. The van der Waals surface area contributed by atoms with Gasteiger partial charge >= 0.3 is 0 Å². The molecule has 0 N–H and O–H groups in total. The maximum Gasteiger partial charge on any atom is 0.165 e. The molecule has 0 heterocycles. The third kappa shape index (κ3) is 1.40. The van der Waals surface area contributed by atoms with Crippen molar-refractivity contribution in [2.45, 2.75) is 17.7 Å². The lowest BCUT2D eigenvalue weighted by molar-refractivity contribution is 0.352. The second-order valence-corrected chi connectivity index (χ2v) is 4.49. The van der Waals surface area contributed by atoms with Gasteiger partial charge in [0.15, 0.2) is 11.5 Å². The van der Waals surface area contributed by atoms with E-state index in [0.29, 0.717) is 4.83 Å².